The first-order valence-electron chi connectivity index (χ1n) is 5.93. The lowest BCUT2D eigenvalue weighted by Gasteiger charge is -2.19. The Labute approximate surface area is 92.6 Å². The molecule has 1 saturated carbocycles. The van der Waals surface area contributed by atoms with Crippen molar-refractivity contribution >= 4 is 5.78 Å². The minimum absolute atomic E-state index is 0.0922. The average molecular weight is 207 g/mol. The van der Waals surface area contributed by atoms with Crippen molar-refractivity contribution in [2.24, 2.45) is 11.7 Å². The van der Waals surface area contributed by atoms with Crippen molar-refractivity contribution in [1.82, 2.24) is 0 Å². The van der Waals surface area contributed by atoms with Crippen LogP contribution in [-0.2, 0) is 4.79 Å². The second kappa shape index (κ2) is 6.63. The van der Waals surface area contributed by atoms with Crippen LogP contribution in [0.1, 0.15) is 51.9 Å². The second-order valence-corrected chi connectivity index (χ2v) is 4.30. The molecule has 1 fully saturated rings. The molecule has 2 unspecified atom stereocenters. The lowest BCUT2D eigenvalue weighted by molar-refractivity contribution is -0.123. The zero-order chi connectivity index (χ0) is 11.1. The molecule has 84 valence electrons. The molecule has 0 amide bonds. The number of Topliss-reactive ketones (excluding diaryl/α,β-unsaturated/α-hetero) is 1. The monoisotopic (exact) mass is 207 g/mol. The zero-order valence-electron chi connectivity index (χ0n) is 9.59. The van der Waals surface area contributed by atoms with E-state index in [-0.39, 0.29) is 12.0 Å². The van der Waals surface area contributed by atoms with Gasteiger partial charge in [0.1, 0.15) is 5.78 Å². The maximum Gasteiger partial charge on any atom is 0.138 e. The lowest BCUT2D eigenvalue weighted by Crippen LogP contribution is -2.34. The largest absolute Gasteiger partial charge is 0.327 e. The van der Waals surface area contributed by atoms with Crippen LogP contribution >= 0.6 is 0 Å². The summed E-state index contributed by atoms with van der Waals surface area (Å²) in [5.41, 5.74) is 6.03. The molecule has 1 aliphatic rings. The van der Waals surface area contributed by atoms with Crippen molar-refractivity contribution in [3.63, 3.8) is 0 Å². The summed E-state index contributed by atoms with van der Waals surface area (Å²) < 4.78 is 0. The Balaban J connectivity index is 2.43. The molecule has 0 aliphatic heterocycles. The molecule has 15 heavy (non-hydrogen) atoms. The fraction of sp³-hybridized carbons (Fsp3) is 0.769. The van der Waals surface area contributed by atoms with Crippen LogP contribution in [0.25, 0.3) is 0 Å². The van der Waals surface area contributed by atoms with Gasteiger partial charge in [0, 0.05) is 24.8 Å². The Morgan fingerprint density at radius 1 is 1.33 bits per heavy atom. The van der Waals surface area contributed by atoms with E-state index in [4.69, 9.17) is 5.73 Å². The summed E-state index contributed by atoms with van der Waals surface area (Å²) in [5, 5.41) is 0. The van der Waals surface area contributed by atoms with E-state index in [0.29, 0.717) is 18.6 Å². The third-order valence-electron chi connectivity index (χ3n) is 3.16. The van der Waals surface area contributed by atoms with Gasteiger partial charge in [-0.1, -0.05) is 19.3 Å². The highest BCUT2D eigenvalue weighted by molar-refractivity contribution is 5.81. The van der Waals surface area contributed by atoms with Gasteiger partial charge >= 0.3 is 0 Å². The minimum Gasteiger partial charge on any atom is -0.327 e. The highest BCUT2D eigenvalue weighted by Crippen LogP contribution is 2.24. The molecule has 0 saturated heterocycles. The van der Waals surface area contributed by atoms with Crippen LogP contribution < -0.4 is 5.73 Å². The Morgan fingerprint density at radius 2 is 2.07 bits per heavy atom. The van der Waals surface area contributed by atoms with Crippen molar-refractivity contribution in [3.8, 4) is 11.8 Å². The average Bonchev–Trinajstić information content (AvgIpc) is 2.43. The topological polar surface area (TPSA) is 43.1 Å². The predicted molar refractivity (Wildman–Crippen MR) is 62.2 cm³/mol. The summed E-state index contributed by atoms with van der Waals surface area (Å²) in [6, 6.07) is 0.0922. The fourth-order valence-corrected chi connectivity index (χ4v) is 2.23. The molecule has 2 nitrogen and oxygen atoms in total. The van der Waals surface area contributed by atoms with E-state index in [2.05, 4.69) is 11.8 Å². The maximum absolute atomic E-state index is 11.9. The van der Waals surface area contributed by atoms with Gasteiger partial charge in [-0.25, -0.2) is 0 Å². The van der Waals surface area contributed by atoms with E-state index in [1.54, 1.807) is 0 Å². The quantitative estimate of drug-likeness (QED) is 0.570. The molecule has 0 bridgehead atoms. The summed E-state index contributed by atoms with van der Waals surface area (Å²) in [4.78, 5) is 11.9. The van der Waals surface area contributed by atoms with Gasteiger partial charge in [-0.05, 0) is 19.8 Å². The van der Waals surface area contributed by atoms with Gasteiger partial charge in [-0.2, -0.15) is 0 Å². The van der Waals surface area contributed by atoms with Crippen LogP contribution in [-0.4, -0.2) is 11.8 Å². The normalized spacial score (nSPS) is 26.3. The van der Waals surface area contributed by atoms with Crippen molar-refractivity contribution in [2.75, 3.05) is 0 Å². The number of hydrogen-bond donors (Lipinski definition) is 1. The van der Waals surface area contributed by atoms with Crippen LogP contribution in [0.3, 0.4) is 0 Å². The van der Waals surface area contributed by atoms with E-state index in [0.717, 1.165) is 19.3 Å². The highest BCUT2D eigenvalue weighted by atomic mass is 16.1. The van der Waals surface area contributed by atoms with Gasteiger partial charge < -0.3 is 5.73 Å². The first-order valence-corrected chi connectivity index (χ1v) is 5.93. The van der Waals surface area contributed by atoms with Gasteiger partial charge in [0.25, 0.3) is 0 Å². The molecule has 0 aromatic carbocycles. The number of carbonyl (C=O) groups excluding carboxylic acids is 1. The van der Waals surface area contributed by atoms with Crippen molar-refractivity contribution in [1.29, 1.82) is 0 Å². The molecular weight excluding hydrogens is 186 g/mol. The van der Waals surface area contributed by atoms with Crippen LogP contribution in [0.15, 0.2) is 0 Å². The summed E-state index contributed by atoms with van der Waals surface area (Å²) in [7, 11) is 0. The van der Waals surface area contributed by atoms with E-state index in [1.165, 1.54) is 12.8 Å². The SMILES string of the molecule is CC#CCCC(=O)C1CCCCCC1N. The molecule has 0 heterocycles. The molecule has 1 rings (SSSR count). The Morgan fingerprint density at radius 3 is 2.80 bits per heavy atom. The molecule has 0 aromatic rings. The number of ketones is 1. The molecular formula is C13H21NO. The maximum atomic E-state index is 11.9. The molecule has 0 aromatic heterocycles. The van der Waals surface area contributed by atoms with Crippen LogP contribution in [0.5, 0.6) is 0 Å². The summed E-state index contributed by atoms with van der Waals surface area (Å²) in [6.45, 7) is 1.81. The summed E-state index contributed by atoms with van der Waals surface area (Å²) in [6.07, 6.45) is 6.84. The van der Waals surface area contributed by atoms with Crippen molar-refractivity contribution in [2.45, 2.75) is 57.9 Å². The third-order valence-corrected chi connectivity index (χ3v) is 3.16. The van der Waals surface area contributed by atoms with Gasteiger partial charge in [-0.15, -0.1) is 11.8 Å². The van der Waals surface area contributed by atoms with Gasteiger partial charge in [0.15, 0.2) is 0 Å². The second-order valence-electron chi connectivity index (χ2n) is 4.30. The predicted octanol–water partition coefficient (Wildman–Crippen LogP) is 2.27. The van der Waals surface area contributed by atoms with Crippen molar-refractivity contribution < 1.29 is 4.79 Å². The summed E-state index contributed by atoms with van der Waals surface area (Å²) >= 11 is 0. The molecule has 0 radical (unpaired) electrons. The van der Waals surface area contributed by atoms with Crippen molar-refractivity contribution in [3.05, 3.63) is 0 Å². The zero-order valence-corrected chi connectivity index (χ0v) is 9.59. The van der Waals surface area contributed by atoms with E-state index in [1.807, 2.05) is 6.92 Å². The highest BCUT2D eigenvalue weighted by Gasteiger charge is 2.25. The molecule has 0 spiro atoms. The number of nitrogens with two attached hydrogens (primary N) is 1. The smallest absolute Gasteiger partial charge is 0.138 e. The Kier molecular flexibility index (Phi) is 5.42. The van der Waals surface area contributed by atoms with Gasteiger partial charge in [0.2, 0.25) is 0 Å². The Hall–Kier alpha value is -0.810. The summed E-state index contributed by atoms with van der Waals surface area (Å²) in [5.74, 6) is 6.18. The van der Waals surface area contributed by atoms with Crippen LogP contribution in [0.4, 0.5) is 0 Å². The molecule has 2 heteroatoms. The van der Waals surface area contributed by atoms with Gasteiger partial charge in [0.05, 0.1) is 0 Å². The Bertz CT molecular complexity index is 261. The third kappa shape index (κ3) is 4.05. The van der Waals surface area contributed by atoms with E-state index >= 15 is 0 Å². The van der Waals surface area contributed by atoms with Crippen LogP contribution in [0.2, 0.25) is 0 Å². The first kappa shape index (κ1) is 12.3. The minimum atomic E-state index is 0.0922. The van der Waals surface area contributed by atoms with E-state index in [9.17, 15) is 4.79 Å². The molecule has 2 atom stereocenters. The number of hydrogen-bond acceptors (Lipinski definition) is 2. The van der Waals surface area contributed by atoms with Crippen LogP contribution in [0, 0.1) is 17.8 Å². The number of carbonyl (C=O) groups is 1. The van der Waals surface area contributed by atoms with E-state index < -0.39 is 0 Å². The fourth-order valence-electron chi connectivity index (χ4n) is 2.23. The molecule has 1 aliphatic carbocycles. The van der Waals surface area contributed by atoms with Gasteiger partial charge in [-0.3, -0.25) is 4.79 Å². The molecule has 2 N–H and O–H groups in total. The first-order chi connectivity index (χ1) is 7.25. The lowest BCUT2D eigenvalue weighted by atomic mass is 9.89. The standard InChI is InChI=1S/C13H21NO/c1-2-3-5-10-13(15)11-8-6-4-7-9-12(11)14/h11-12H,4-10,14H2,1H3. The number of rotatable bonds is 3.